The van der Waals surface area contributed by atoms with E-state index in [0.29, 0.717) is 11.7 Å². The molecule has 1 rings (SSSR count). The molecule has 0 saturated heterocycles. The first kappa shape index (κ1) is 22.2. The molecule has 2 atom stereocenters. The number of hydrogen-bond acceptors (Lipinski definition) is 2. The lowest BCUT2D eigenvalue weighted by atomic mass is 9.86. The third kappa shape index (κ3) is 5.30. The van der Waals surface area contributed by atoms with E-state index < -0.39 is 12.3 Å². The molecular formula is C22H37O2P. The molecule has 2 unspecified atom stereocenters. The fourth-order valence-corrected chi connectivity index (χ4v) is 6.95. The molecule has 0 fully saturated rings. The molecular weight excluding hydrogens is 327 g/mol. The van der Waals surface area contributed by atoms with E-state index in [4.69, 9.17) is 0 Å². The van der Waals surface area contributed by atoms with Gasteiger partial charge in [-0.15, -0.1) is 0 Å². The van der Waals surface area contributed by atoms with Crippen LogP contribution < -0.4 is 0 Å². The van der Waals surface area contributed by atoms with Crippen LogP contribution in [0.2, 0.25) is 0 Å². The highest BCUT2D eigenvalue weighted by Crippen LogP contribution is 2.62. The van der Waals surface area contributed by atoms with Crippen molar-refractivity contribution >= 4 is 12.7 Å². The molecule has 0 aliphatic heterocycles. The monoisotopic (exact) mass is 364 g/mol. The number of hydrogen-bond donors (Lipinski definition) is 0. The molecule has 0 N–H and O–H groups in total. The molecule has 1 aromatic carbocycles. The number of rotatable bonds is 5. The zero-order valence-corrected chi connectivity index (χ0v) is 18.8. The average Bonchev–Trinajstić information content (AvgIpc) is 2.32. The average molecular weight is 365 g/mol. The molecule has 0 radical (unpaired) electrons. The van der Waals surface area contributed by atoms with Crippen molar-refractivity contribution in [2.45, 2.75) is 80.8 Å². The zero-order valence-electron chi connectivity index (χ0n) is 17.9. The van der Waals surface area contributed by atoms with Gasteiger partial charge in [0.25, 0.3) is 0 Å². The van der Waals surface area contributed by atoms with Crippen LogP contribution in [0.15, 0.2) is 12.1 Å². The first-order valence-corrected chi connectivity index (χ1v) is 11.2. The van der Waals surface area contributed by atoms with Crippen LogP contribution in [0.5, 0.6) is 0 Å². The second-order valence-electron chi connectivity index (χ2n) is 10.0. The maximum absolute atomic E-state index is 14.1. The van der Waals surface area contributed by atoms with Crippen molar-refractivity contribution in [3.63, 3.8) is 0 Å². The lowest BCUT2D eigenvalue weighted by Crippen LogP contribution is -2.27. The number of benzene rings is 1. The quantitative estimate of drug-likeness (QED) is 0.528. The van der Waals surface area contributed by atoms with Gasteiger partial charge in [0.2, 0.25) is 5.52 Å². The number of aryl methyl sites for hydroxylation is 3. The summed E-state index contributed by atoms with van der Waals surface area (Å²) in [6.07, 6.45) is 1.45. The summed E-state index contributed by atoms with van der Waals surface area (Å²) in [5.41, 5.74) is 3.73. The Balaban J connectivity index is 3.37. The lowest BCUT2D eigenvalue weighted by Gasteiger charge is -2.34. The van der Waals surface area contributed by atoms with Gasteiger partial charge in [-0.1, -0.05) is 66.2 Å². The molecule has 0 saturated carbocycles. The van der Waals surface area contributed by atoms with Crippen LogP contribution in [0.4, 0.5) is 0 Å². The molecule has 25 heavy (non-hydrogen) atoms. The summed E-state index contributed by atoms with van der Waals surface area (Å²) in [6.45, 7) is 20.5. The summed E-state index contributed by atoms with van der Waals surface area (Å²) in [7, 11) is -3.07. The van der Waals surface area contributed by atoms with E-state index in [0.717, 1.165) is 23.1 Å². The summed E-state index contributed by atoms with van der Waals surface area (Å²) in [4.78, 5) is 13.5. The predicted octanol–water partition coefficient (Wildman–Crippen LogP) is 6.99. The predicted molar refractivity (Wildman–Crippen MR) is 110 cm³/mol. The summed E-state index contributed by atoms with van der Waals surface area (Å²) < 4.78 is 14.1. The van der Waals surface area contributed by atoms with E-state index in [1.165, 1.54) is 0 Å². The maximum atomic E-state index is 14.1. The van der Waals surface area contributed by atoms with Crippen LogP contribution >= 0.6 is 7.14 Å². The third-order valence-corrected chi connectivity index (χ3v) is 9.02. The van der Waals surface area contributed by atoms with Gasteiger partial charge in [-0.05, 0) is 49.7 Å². The molecule has 0 aliphatic carbocycles. The highest BCUT2D eigenvalue weighted by Gasteiger charge is 2.45. The van der Waals surface area contributed by atoms with E-state index in [2.05, 4.69) is 27.7 Å². The smallest absolute Gasteiger partial charge is 0.222 e. The number of carbonyl (C=O) groups excluding carboxylic acids is 1. The fraction of sp³-hybridized carbons (Fsp3) is 0.682. The molecule has 0 aromatic heterocycles. The highest BCUT2D eigenvalue weighted by atomic mass is 31.2. The Morgan fingerprint density at radius 3 is 1.80 bits per heavy atom. The lowest BCUT2D eigenvalue weighted by molar-refractivity contribution is 0.106. The summed E-state index contributed by atoms with van der Waals surface area (Å²) in [5.74, 6) is 0.250. The van der Waals surface area contributed by atoms with Crippen molar-refractivity contribution in [2.24, 2.45) is 11.3 Å². The van der Waals surface area contributed by atoms with Gasteiger partial charge >= 0.3 is 0 Å². The van der Waals surface area contributed by atoms with Crippen molar-refractivity contribution in [1.82, 2.24) is 0 Å². The molecule has 0 bridgehead atoms. The fourth-order valence-electron chi connectivity index (χ4n) is 3.91. The Kier molecular flexibility index (Phi) is 6.55. The Morgan fingerprint density at radius 2 is 1.44 bits per heavy atom. The normalized spacial score (nSPS) is 16.4. The summed E-state index contributed by atoms with van der Waals surface area (Å²) in [6, 6.07) is 4.04. The van der Waals surface area contributed by atoms with Crippen molar-refractivity contribution < 1.29 is 9.36 Å². The van der Waals surface area contributed by atoms with Gasteiger partial charge in [-0.3, -0.25) is 4.79 Å². The van der Waals surface area contributed by atoms with Gasteiger partial charge in [0.15, 0.2) is 7.14 Å². The van der Waals surface area contributed by atoms with Crippen molar-refractivity contribution in [3.8, 4) is 0 Å². The Bertz CT molecular complexity index is 664. The molecule has 0 aliphatic rings. The molecule has 2 nitrogen and oxygen atoms in total. The van der Waals surface area contributed by atoms with E-state index >= 15 is 0 Å². The van der Waals surface area contributed by atoms with E-state index in [-0.39, 0.29) is 16.9 Å². The second-order valence-corrected chi connectivity index (χ2v) is 13.6. The minimum atomic E-state index is -3.07. The van der Waals surface area contributed by atoms with Crippen molar-refractivity contribution in [1.29, 1.82) is 0 Å². The molecule has 142 valence electrons. The Hall–Kier alpha value is -0.880. The van der Waals surface area contributed by atoms with Gasteiger partial charge in [0.1, 0.15) is 0 Å². The summed E-state index contributed by atoms with van der Waals surface area (Å²) >= 11 is 0. The van der Waals surface area contributed by atoms with E-state index in [1.54, 1.807) is 0 Å². The van der Waals surface area contributed by atoms with Gasteiger partial charge in [-0.2, -0.15) is 0 Å². The topological polar surface area (TPSA) is 34.1 Å². The first-order chi connectivity index (χ1) is 11.1. The maximum Gasteiger partial charge on any atom is 0.222 e. The Labute approximate surface area is 155 Å². The largest absolute Gasteiger partial charge is 0.315 e. The molecule has 0 spiro atoms. The summed E-state index contributed by atoms with van der Waals surface area (Å²) in [5, 5.41) is -0.528. The Morgan fingerprint density at radius 1 is 1.00 bits per heavy atom. The minimum absolute atomic E-state index is 0.129. The van der Waals surface area contributed by atoms with Gasteiger partial charge in [0.05, 0.1) is 0 Å². The van der Waals surface area contributed by atoms with E-state index in [9.17, 15) is 9.36 Å². The van der Waals surface area contributed by atoms with Gasteiger partial charge in [-0.25, -0.2) is 0 Å². The van der Waals surface area contributed by atoms with Crippen LogP contribution in [-0.2, 0) is 4.57 Å². The van der Waals surface area contributed by atoms with Gasteiger partial charge < -0.3 is 4.57 Å². The van der Waals surface area contributed by atoms with Crippen LogP contribution in [-0.4, -0.2) is 16.8 Å². The molecule has 1 aromatic rings. The van der Waals surface area contributed by atoms with Crippen LogP contribution in [0, 0.1) is 32.1 Å². The molecule has 0 amide bonds. The molecule has 0 heterocycles. The SMILES string of the molecule is Cc1cc(C)c(C(=O)P(=O)(CC(C)CC(C)(C)C)C(C)(C)C)c(C)c1. The standard InChI is InChI=1S/C22H37O2P/c1-15-11-17(3)19(18(4)12-15)20(23)25(24,22(8,9)10)14-16(2)13-21(5,6)7/h11-12,16H,13-14H2,1-10H3. The van der Waals surface area contributed by atoms with E-state index in [1.807, 2.05) is 53.7 Å². The van der Waals surface area contributed by atoms with Crippen LogP contribution in [0.1, 0.15) is 81.9 Å². The minimum Gasteiger partial charge on any atom is -0.315 e. The third-order valence-electron chi connectivity index (χ3n) is 4.83. The number of carbonyl (C=O) groups is 1. The first-order valence-electron chi connectivity index (χ1n) is 9.30. The second kappa shape index (κ2) is 7.39. The van der Waals surface area contributed by atoms with Crippen LogP contribution in [0.3, 0.4) is 0 Å². The van der Waals surface area contributed by atoms with Gasteiger partial charge in [0, 0.05) is 16.9 Å². The van der Waals surface area contributed by atoms with Crippen LogP contribution in [0.25, 0.3) is 0 Å². The molecule has 3 heteroatoms. The van der Waals surface area contributed by atoms with Crippen molar-refractivity contribution in [2.75, 3.05) is 6.16 Å². The highest BCUT2D eigenvalue weighted by molar-refractivity contribution is 7.82. The van der Waals surface area contributed by atoms with Crippen molar-refractivity contribution in [3.05, 3.63) is 34.4 Å². The zero-order chi connectivity index (χ0) is 19.8.